The van der Waals surface area contributed by atoms with Crippen molar-refractivity contribution in [1.29, 1.82) is 0 Å². The molecule has 152 valence electrons. The van der Waals surface area contributed by atoms with Gasteiger partial charge in [-0.15, -0.1) is 0 Å². The fourth-order valence-electron chi connectivity index (χ4n) is 4.31. The fraction of sp³-hybridized carbons (Fsp3) is 0.304. The van der Waals surface area contributed by atoms with Gasteiger partial charge in [-0.1, -0.05) is 38.0 Å². The number of H-pyrrole nitrogens is 2. The number of aromatic nitrogens is 2. The number of rotatable bonds is 6. The van der Waals surface area contributed by atoms with Crippen LogP contribution in [-0.2, 0) is 5.41 Å². The third-order valence-corrected chi connectivity index (χ3v) is 5.79. The summed E-state index contributed by atoms with van der Waals surface area (Å²) in [5, 5.41) is 1.16. The number of methoxy groups -OCH3 is 1. The van der Waals surface area contributed by atoms with E-state index in [1.165, 1.54) is 19.5 Å². The van der Waals surface area contributed by atoms with Crippen LogP contribution >= 0.6 is 0 Å². The van der Waals surface area contributed by atoms with Gasteiger partial charge in [-0.25, -0.2) is 0 Å². The molecule has 0 aliphatic carbocycles. The Balaban J connectivity index is 2.05. The van der Waals surface area contributed by atoms with Gasteiger partial charge in [0.1, 0.15) is 11.2 Å². The van der Waals surface area contributed by atoms with Crippen LogP contribution in [0, 0.1) is 0 Å². The lowest BCUT2D eigenvalue weighted by molar-refractivity contribution is -0.179. The summed E-state index contributed by atoms with van der Waals surface area (Å²) in [6.07, 6.45) is -0.320. The van der Waals surface area contributed by atoms with Crippen molar-refractivity contribution >= 4 is 21.8 Å². The maximum absolute atomic E-state index is 15.0. The van der Waals surface area contributed by atoms with Crippen LogP contribution in [0.5, 0.6) is 5.75 Å². The molecule has 6 heteroatoms. The summed E-state index contributed by atoms with van der Waals surface area (Å²) in [5.41, 5.74) is -0.264. The van der Waals surface area contributed by atoms with E-state index < -0.39 is 11.6 Å². The number of halogens is 3. The standard InChI is InChI=1S/C23H23F3N2O/c1-3-4-11-22(23(24,25)26,18-13-27-20-8-6-5-7-16(18)20)19-14-28-21-12-15(29-2)9-10-17(19)21/h5-10,12-14,27-28H,3-4,11H2,1-2H3. The van der Waals surface area contributed by atoms with Crippen LogP contribution in [0.25, 0.3) is 21.8 Å². The molecule has 2 aromatic heterocycles. The van der Waals surface area contributed by atoms with E-state index in [1.807, 2.05) is 13.0 Å². The third kappa shape index (κ3) is 2.98. The van der Waals surface area contributed by atoms with E-state index in [0.717, 1.165) is 0 Å². The lowest BCUT2D eigenvalue weighted by Crippen LogP contribution is -2.43. The first-order valence-corrected chi connectivity index (χ1v) is 9.71. The minimum Gasteiger partial charge on any atom is -0.497 e. The van der Waals surface area contributed by atoms with Crippen LogP contribution in [0.2, 0.25) is 0 Å². The molecule has 0 fully saturated rings. The zero-order valence-electron chi connectivity index (χ0n) is 16.4. The number of aromatic amines is 2. The van der Waals surface area contributed by atoms with Crippen molar-refractivity contribution in [2.24, 2.45) is 0 Å². The van der Waals surface area contributed by atoms with Gasteiger partial charge >= 0.3 is 6.18 Å². The number of unbranched alkanes of at least 4 members (excludes halogenated alkanes) is 1. The van der Waals surface area contributed by atoms with Gasteiger partial charge in [-0.05, 0) is 35.7 Å². The first-order valence-electron chi connectivity index (χ1n) is 9.71. The SMILES string of the molecule is CCCCC(c1c[nH]c2ccccc12)(c1c[nH]c2cc(OC)ccc12)C(F)(F)F. The number of nitrogens with one attached hydrogen (secondary N) is 2. The zero-order valence-corrected chi connectivity index (χ0v) is 16.4. The van der Waals surface area contributed by atoms with Gasteiger partial charge in [0.25, 0.3) is 0 Å². The molecule has 0 amide bonds. The summed E-state index contributed by atoms with van der Waals surface area (Å²) in [6, 6.07) is 12.3. The predicted octanol–water partition coefficient (Wildman–Crippen LogP) is 6.70. The minimum absolute atomic E-state index is 0.0200. The second kappa shape index (κ2) is 7.17. The van der Waals surface area contributed by atoms with Crippen LogP contribution in [0.3, 0.4) is 0 Å². The maximum atomic E-state index is 15.0. The topological polar surface area (TPSA) is 40.8 Å². The molecule has 0 aliphatic heterocycles. The van der Waals surface area contributed by atoms with Crippen molar-refractivity contribution in [1.82, 2.24) is 9.97 Å². The molecule has 0 spiro atoms. The van der Waals surface area contributed by atoms with Gasteiger partial charge in [-0.3, -0.25) is 0 Å². The highest BCUT2D eigenvalue weighted by molar-refractivity contribution is 5.90. The molecule has 4 aromatic rings. The summed E-state index contributed by atoms with van der Waals surface area (Å²) in [5.74, 6) is 0.601. The highest BCUT2D eigenvalue weighted by Gasteiger charge is 2.58. The van der Waals surface area contributed by atoms with E-state index in [-0.39, 0.29) is 17.5 Å². The summed E-state index contributed by atoms with van der Waals surface area (Å²) in [4.78, 5) is 6.08. The van der Waals surface area contributed by atoms with Gasteiger partial charge in [0.2, 0.25) is 0 Å². The Labute approximate surface area is 166 Å². The number of ether oxygens (including phenoxy) is 1. The van der Waals surface area contributed by atoms with Crippen LogP contribution in [0.1, 0.15) is 37.3 Å². The average molecular weight is 400 g/mol. The number of benzene rings is 2. The van der Waals surface area contributed by atoms with E-state index in [9.17, 15) is 13.2 Å². The van der Waals surface area contributed by atoms with Gasteiger partial charge in [0.05, 0.1) is 7.11 Å². The van der Waals surface area contributed by atoms with E-state index in [4.69, 9.17) is 4.74 Å². The summed E-state index contributed by atoms with van der Waals surface area (Å²) < 4.78 is 50.2. The third-order valence-electron chi connectivity index (χ3n) is 5.79. The number of hydrogen-bond acceptors (Lipinski definition) is 1. The highest BCUT2D eigenvalue weighted by Crippen LogP contribution is 2.53. The fourth-order valence-corrected chi connectivity index (χ4v) is 4.31. The van der Waals surface area contributed by atoms with E-state index in [1.54, 1.807) is 36.4 Å². The van der Waals surface area contributed by atoms with Gasteiger partial charge < -0.3 is 14.7 Å². The van der Waals surface area contributed by atoms with E-state index in [0.29, 0.717) is 40.4 Å². The second-order valence-corrected chi connectivity index (χ2v) is 7.37. The molecule has 4 rings (SSSR count). The van der Waals surface area contributed by atoms with Crippen molar-refractivity contribution in [3.05, 3.63) is 66.0 Å². The lowest BCUT2D eigenvalue weighted by Gasteiger charge is -2.36. The monoisotopic (exact) mass is 400 g/mol. The molecular weight excluding hydrogens is 377 g/mol. The molecule has 3 nitrogen and oxygen atoms in total. The summed E-state index contributed by atoms with van der Waals surface area (Å²) >= 11 is 0. The van der Waals surface area contributed by atoms with Crippen LogP contribution in [0.15, 0.2) is 54.9 Å². The Bertz CT molecular complexity index is 1140. The molecule has 0 radical (unpaired) electrons. The molecule has 0 bridgehead atoms. The number of fused-ring (bicyclic) bond motifs is 2. The molecule has 2 heterocycles. The number of hydrogen-bond donors (Lipinski definition) is 2. The van der Waals surface area contributed by atoms with Crippen molar-refractivity contribution < 1.29 is 17.9 Å². The summed E-state index contributed by atoms with van der Waals surface area (Å²) in [6.45, 7) is 1.91. The summed E-state index contributed by atoms with van der Waals surface area (Å²) in [7, 11) is 1.54. The van der Waals surface area contributed by atoms with Crippen LogP contribution in [-0.4, -0.2) is 23.3 Å². The predicted molar refractivity (Wildman–Crippen MR) is 110 cm³/mol. The smallest absolute Gasteiger partial charge is 0.402 e. The quantitative estimate of drug-likeness (QED) is 0.372. The molecule has 2 aromatic carbocycles. The van der Waals surface area contributed by atoms with Gasteiger partial charge in [0, 0.05) is 40.3 Å². The Morgan fingerprint density at radius 1 is 0.897 bits per heavy atom. The largest absolute Gasteiger partial charge is 0.497 e. The first-order chi connectivity index (χ1) is 13.9. The molecule has 1 unspecified atom stereocenters. The first kappa shape index (κ1) is 19.4. The Hall–Kier alpha value is -2.89. The van der Waals surface area contributed by atoms with Gasteiger partial charge in [-0.2, -0.15) is 13.2 Å². The van der Waals surface area contributed by atoms with Crippen molar-refractivity contribution in [3.63, 3.8) is 0 Å². The van der Waals surface area contributed by atoms with E-state index >= 15 is 0 Å². The normalized spacial score (nSPS) is 14.4. The Morgan fingerprint density at radius 2 is 1.55 bits per heavy atom. The average Bonchev–Trinajstić information content (AvgIpc) is 3.32. The van der Waals surface area contributed by atoms with Crippen LogP contribution < -0.4 is 4.74 Å². The molecule has 0 saturated heterocycles. The van der Waals surface area contributed by atoms with Crippen molar-refractivity contribution in [2.45, 2.75) is 37.8 Å². The molecular formula is C23H23F3N2O. The second-order valence-electron chi connectivity index (χ2n) is 7.37. The van der Waals surface area contributed by atoms with Crippen LogP contribution in [0.4, 0.5) is 13.2 Å². The van der Waals surface area contributed by atoms with Gasteiger partial charge in [0.15, 0.2) is 0 Å². The molecule has 2 N–H and O–H groups in total. The Morgan fingerprint density at radius 3 is 2.21 bits per heavy atom. The number of alkyl halides is 3. The molecule has 29 heavy (non-hydrogen) atoms. The van der Waals surface area contributed by atoms with Crippen molar-refractivity contribution in [3.8, 4) is 5.75 Å². The number of para-hydroxylation sites is 1. The maximum Gasteiger partial charge on any atom is 0.402 e. The zero-order chi connectivity index (χ0) is 20.6. The Kier molecular flexibility index (Phi) is 4.81. The van der Waals surface area contributed by atoms with E-state index in [2.05, 4.69) is 9.97 Å². The van der Waals surface area contributed by atoms with Crippen molar-refractivity contribution in [2.75, 3.05) is 7.11 Å². The minimum atomic E-state index is -4.47. The molecule has 0 saturated carbocycles. The highest BCUT2D eigenvalue weighted by atomic mass is 19.4. The lowest BCUT2D eigenvalue weighted by atomic mass is 9.70. The molecule has 1 atom stereocenters. The molecule has 0 aliphatic rings.